The number of hydrogen-bond acceptors (Lipinski definition) is 3. The van der Waals surface area contributed by atoms with Crippen molar-refractivity contribution in [2.45, 2.75) is 39.2 Å². The van der Waals surface area contributed by atoms with E-state index >= 15 is 0 Å². The second kappa shape index (κ2) is 8.39. The summed E-state index contributed by atoms with van der Waals surface area (Å²) in [6.45, 7) is 6.06. The van der Waals surface area contributed by atoms with Crippen LogP contribution >= 0.6 is 11.6 Å². The van der Waals surface area contributed by atoms with Crippen molar-refractivity contribution in [2.75, 3.05) is 26.3 Å². The zero-order valence-electron chi connectivity index (χ0n) is 13.3. The van der Waals surface area contributed by atoms with Crippen LogP contribution in [0, 0.1) is 6.92 Å². The number of carbonyl (C=O) groups is 1. The summed E-state index contributed by atoms with van der Waals surface area (Å²) in [5.74, 6) is 0.689. The van der Waals surface area contributed by atoms with E-state index < -0.39 is 0 Å². The van der Waals surface area contributed by atoms with E-state index in [1.54, 1.807) is 17.0 Å². The van der Waals surface area contributed by atoms with Crippen molar-refractivity contribution < 1.29 is 14.3 Å². The number of nitrogens with zero attached hydrogens (tertiary/aromatic N) is 1. The third-order valence-electron chi connectivity index (χ3n) is 3.92. The molecule has 5 heteroatoms. The minimum Gasteiger partial charge on any atom is -0.483 e. The fourth-order valence-electron chi connectivity index (χ4n) is 2.61. The van der Waals surface area contributed by atoms with Crippen LogP contribution < -0.4 is 4.74 Å². The van der Waals surface area contributed by atoms with E-state index in [2.05, 4.69) is 0 Å². The average Bonchev–Trinajstić information content (AvgIpc) is 2.52. The van der Waals surface area contributed by atoms with Crippen LogP contribution in [0.3, 0.4) is 0 Å². The Morgan fingerprint density at radius 2 is 2.27 bits per heavy atom. The van der Waals surface area contributed by atoms with Crippen molar-refractivity contribution in [1.29, 1.82) is 0 Å². The minimum absolute atomic E-state index is 0.00831. The molecule has 4 nitrogen and oxygen atoms in total. The second-order valence-electron chi connectivity index (χ2n) is 5.62. The Kier molecular flexibility index (Phi) is 6.52. The van der Waals surface area contributed by atoms with Crippen molar-refractivity contribution >= 4 is 17.5 Å². The molecule has 0 unspecified atom stereocenters. The molecule has 0 N–H and O–H groups in total. The Hall–Kier alpha value is -1.26. The van der Waals surface area contributed by atoms with Crippen molar-refractivity contribution in [3.05, 3.63) is 28.8 Å². The molecule has 0 aliphatic carbocycles. The predicted octanol–water partition coefficient (Wildman–Crippen LogP) is 3.44. The average molecular weight is 326 g/mol. The molecule has 1 amide bonds. The van der Waals surface area contributed by atoms with Gasteiger partial charge in [0.1, 0.15) is 5.75 Å². The first-order valence-corrected chi connectivity index (χ1v) is 8.26. The standard InChI is InChI=1S/C17H24ClNO3/c1-3-19(11-15-6-4-5-9-21-15)17(20)12-22-16-8-7-14(18)10-13(16)2/h7-8,10,15H,3-6,9,11-12H2,1-2H3/t15-/m1/s1. The normalized spacial score (nSPS) is 18.0. The Labute approximate surface area is 137 Å². The first-order valence-electron chi connectivity index (χ1n) is 7.88. The molecule has 0 spiro atoms. The summed E-state index contributed by atoms with van der Waals surface area (Å²) in [4.78, 5) is 14.1. The van der Waals surface area contributed by atoms with Crippen LogP contribution in [-0.2, 0) is 9.53 Å². The molecular formula is C17H24ClNO3. The Balaban J connectivity index is 1.85. The quantitative estimate of drug-likeness (QED) is 0.804. The summed E-state index contributed by atoms with van der Waals surface area (Å²) in [6, 6.07) is 5.39. The maximum atomic E-state index is 12.3. The zero-order valence-corrected chi connectivity index (χ0v) is 14.1. The maximum Gasteiger partial charge on any atom is 0.260 e. The number of likely N-dealkylation sites (N-methyl/N-ethyl adjacent to an activating group) is 1. The van der Waals surface area contributed by atoms with E-state index in [0.29, 0.717) is 23.9 Å². The van der Waals surface area contributed by atoms with E-state index in [1.807, 2.05) is 19.9 Å². The highest BCUT2D eigenvalue weighted by Gasteiger charge is 2.20. The number of ether oxygens (including phenoxy) is 2. The highest BCUT2D eigenvalue weighted by atomic mass is 35.5. The number of benzene rings is 1. The summed E-state index contributed by atoms with van der Waals surface area (Å²) in [7, 11) is 0. The van der Waals surface area contributed by atoms with Gasteiger partial charge >= 0.3 is 0 Å². The molecule has 1 saturated heterocycles. The van der Waals surface area contributed by atoms with E-state index in [0.717, 1.165) is 25.0 Å². The SMILES string of the molecule is CCN(C[C@H]1CCCCO1)C(=O)COc1ccc(Cl)cc1C. The Morgan fingerprint density at radius 1 is 1.45 bits per heavy atom. The van der Waals surface area contributed by atoms with Gasteiger partial charge in [-0.15, -0.1) is 0 Å². The molecule has 0 aromatic heterocycles. The summed E-state index contributed by atoms with van der Waals surface area (Å²) < 4.78 is 11.3. The number of hydrogen-bond donors (Lipinski definition) is 0. The van der Waals surface area contributed by atoms with Gasteiger partial charge in [0.25, 0.3) is 5.91 Å². The molecule has 2 rings (SSSR count). The number of rotatable bonds is 6. The molecule has 0 saturated carbocycles. The van der Waals surface area contributed by atoms with Gasteiger partial charge in [-0.05, 0) is 56.9 Å². The molecule has 0 bridgehead atoms. The molecular weight excluding hydrogens is 302 g/mol. The van der Waals surface area contributed by atoms with Crippen molar-refractivity contribution in [3.63, 3.8) is 0 Å². The third-order valence-corrected chi connectivity index (χ3v) is 4.16. The molecule has 1 aromatic carbocycles. The first kappa shape index (κ1) is 17.1. The highest BCUT2D eigenvalue weighted by Crippen LogP contribution is 2.22. The van der Waals surface area contributed by atoms with Crippen LogP contribution in [0.15, 0.2) is 18.2 Å². The maximum absolute atomic E-state index is 12.3. The van der Waals surface area contributed by atoms with Gasteiger partial charge in [0, 0.05) is 24.7 Å². The van der Waals surface area contributed by atoms with Gasteiger partial charge in [-0.2, -0.15) is 0 Å². The van der Waals surface area contributed by atoms with Crippen LogP contribution in [0.4, 0.5) is 0 Å². The van der Waals surface area contributed by atoms with Gasteiger partial charge < -0.3 is 14.4 Å². The summed E-state index contributed by atoms with van der Waals surface area (Å²) in [5.41, 5.74) is 0.930. The minimum atomic E-state index is -0.00831. The van der Waals surface area contributed by atoms with Crippen molar-refractivity contribution in [2.24, 2.45) is 0 Å². The number of carbonyl (C=O) groups excluding carboxylic acids is 1. The van der Waals surface area contributed by atoms with Gasteiger partial charge in [-0.1, -0.05) is 11.6 Å². The first-order chi connectivity index (χ1) is 10.6. The molecule has 1 aliphatic heterocycles. The van der Waals surface area contributed by atoms with Gasteiger partial charge in [0.05, 0.1) is 6.10 Å². The van der Waals surface area contributed by atoms with Crippen LogP contribution in [-0.4, -0.2) is 43.2 Å². The van der Waals surface area contributed by atoms with Crippen molar-refractivity contribution in [3.8, 4) is 5.75 Å². The molecule has 0 radical (unpaired) electrons. The molecule has 1 aromatic rings. The molecule has 1 atom stereocenters. The topological polar surface area (TPSA) is 38.8 Å². The van der Waals surface area contributed by atoms with Gasteiger partial charge in [-0.3, -0.25) is 4.79 Å². The predicted molar refractivity (Wildman–Crippen MR) is 87.5 cm³/mol. The van der Waals surface area contributed by atoms with E-state index in [9.17, 15) is 4.79 Å². The smallest absolute Gasteiger partial charge is 0.260 e. The molecule has 1 heterocycles. The van der Waals surface area contributed by atoms with E-state index in [1.165, 1.54) is 6.42 Å². The largest absolute Gasteiger partial charge is 0.483 e. The summed E-state index contributed by atoms with van der Waals surface area (Å²) in [6.07, 6.45) is 3.49. The van der Waals surface area contributed by atoms with E-state index in [4.69, 9.17) is 21.1 Å². The van der Waals surface area contributed by atoms with Gasteiger partial charge in [0.2, 0.25) is 0 Å². The fourth-order valence-corrected chi connectivity index (χ4v) is 2.84. The Morgan fingerprint density at radius 3 is 2.91 bits per heavy atom. The molecule has 1 fully saturated rings. The fraction of sp³-hybridized carbons (Fsp3) is 0.588. The molecule has 122 valence electrons. The van der Waals surface area contributed by atoms with Crippen molar-refractivity contribution in [1.82, 2.24) is 4.90 Å². The summed E-state index contributed by atoms with van der Waals surface area (Å²) >= 11 is 5.92. The lowest BCUT2D eigenvalue weighted by Gasteiger charge is -2.29. The third kappa shape index (κ3) is 4.89. The number of aryl methyl sites for hydroxylation is 1. The molecule has 22 heavy (non-hydrogen) atoms. The second-order valence-corrected chi connectivity index (χ2v) is 6.06. The number of amides is 1. The molecule has 1 aliphatic rings. The van der Waals surface area contributed by atoms with Gasteiger partial charge in [0.15, 0.2) is 6.61 Å². The zero-order chi connectivity index (χ0) is 15.9. The van der Waals surface area contributed by atoms with Crippen LogP contribution in [0.2, 0.25) is 5.02 Å². The van der Waals surface area contributed by atoms with Crippen LogP contribution in [0.25, 0.3) is 0 Å². The Bertz CT molecular complexity index is 501. The van der Waals surface area contributed by atoms with Crippen LogP contribution in [0.5, 0.6) is 5.75 Å². The van der Waals surface area contributed by atoms with E-state index in [-0.39, 0.29) is 18.6 Å². The summed E-state index contributed by atoms with van der Waals surface area (Å²) in [5, 5.41) is 0.667. The van der Waals surface area contributed by atoms with Crippen LogP contribution in [0.1, 0.15) is 31.7 Å². The highest BCUT2D eigenvalue weighted by molar-refractivity contribution is 6.30. The monoisotopic (exact) mass is 325 g/mol. The lowest BCUT2D eigenvalue weighted by Crippen LogP contribution is -2.41. The lowest BCUT2D eigenvalue weighted by molar-refractivity contribution is -0.135. The lowest BCUT2D eigenvalue weighted by atomic mass is 10.1. The number of halogens is 1. The van der Waals surface area contributed by atoms with Gasteiger partial charge in [-0.25, -0.2) is 0 Å².